The van der Waals surface area contributed by atoms with Gasteiger partial charge in [-0.1, -0.05) is 127 Å². The van der Waals surface area contributed by atoms with Crippen molar-refractivity contribution in [1.29, 1.82) is 0 Å². The van der Waals surface area contributed by atoms with Gasteiger partial charge in [0.15, 0.2) is 0 Å². The van der Waals surface area contributed by atoms with Crippen molar-refractivity contribution in [3.05, 3.63) is 196 Å². The molecule has 5 atom stereocenters. The Kier molecular flexibility index (Phi) is 8.79. The quantitative estimate of drug-likeness (QED) is 0.223. The van der Waals surface area contributed by atoms with Crippen molar-refractivity contribution >= 4 is 22.6 Å². The molecule has 0 saturated carbocycles. The first-order valence-corrected chi connectivity index (χ1v) is 21.8. The lowest BCUT2D eigenvalue weighted by atomic mass is 9.68. The van der Waals surface area contributed by atoms with Gasteiger partial charge in [0.1, 0.15) is 0 Å². The average molecular weight is 728 g/mol. The van der Waals surface area contributed by atoms with Crippen LogP contribution in [0.1, 0.15) is 111 Å². The average Bonchev–Trinajstić information content (AvgIpc) is 3.80. The van der Waals surface area contributed by atoms with E-state index in [4.69, 9.17) is 0 Å². The number of aromatic nitrogens is 1. The molecule has 0 amide bonds. The van der Waals surface area contributed by atoms with Crippen LogP contribution in [0.4, 0.5) is 0 Å². The number of para-hydroxylation sites is 1. The molecular weight excluding hydrogens is 675 g/mol. The molecule has 11 rings (SSSR count). The van der Waals surface area contributed by atoms with Crippen molar-refractivity contribution in [1.82, 2.24) is 4.57 Å². The van der Waals surface area contributed by atoms with Crippen molar-refractivity contribution < 1.29 is 0 Å². The number of benzene rings is 2. The normalized spacial score (nSPS) is 27.7. The molecule has 0 saturated heterocycles. The van der Waals surface area contributed by atoms with Crippen LogP contribution >= 0.6 is 0 Å². The summed E-state index contributed by atoms with van der Waals surface area (Å²) in [6.45, 7) is 0. The Bertz CT molecular complexity index is 2500. The molecule has 1 aromatic heterocycles. The van der Waals surface area contributed by atoms with Crippen LogP contribution in [0.25, 0.3) is 28.2 Å². The molecule has 0 fully saturated rings. The Morgan fingerprint density at radius 2 is 1.45 bits per heavy atom. The second-order valence-electron chi connectivity index (χ2n) is 17.4. The molecule has 1 heteroatoms. The number of rotatable bonds is 6. The largest absolute Gasteiger partial charge is 0.310 e. The van der Waals surface area contributed by atoms with Gasteiger partial charge in [0.05, 0.1) is 11.2 Å². The van der Waals surface area contributed by atoms with Crippen molar-refractivity contribution in [2.24, 2.45) is 17.8 Å². The van der Waals surface area contributed by atoms with Crippen LogP contribution in [0.5, 0.6) is 0 Å². The number of nitrogens with zero attached hydrogens (tertiary/aromatic N) is 1. The Morgan fingerprint density at radius 3 is 2.23 bits per heavy atom. The van der Waals surface area contributed by atoms with Crippen molar-refractivity contribution in [2.45, 2.75) is 88.9 Å². The van der Waals surface area contributed by atoms with Crippen molar-refractivity contribution in [3.8, 4) is 5.69 Å². The molecule has 0 spiro atoms. The maximum atomic E-state index is 2.71. The van der Waals surface area contributed by atoms with Crippen molar-refractivity contribution in [3.63, 3.8) is 0 Å². The van der Waals surface area contributed by atoms with Crippen LogP contribution < -0.4 is 0 Å². The lowest BCUT2D eigenvalue weighted by Gasteiger charge is -2.35. The fraction of sp³-hybridized carbons (Fsp3) is 0.309. The molecule has 8 aliphatic rings. The summed E-state index contributed by atoms with van der Waals surface area (Å²) in [5.74, 6) is 2.26. The summed E-state index contributed by atoms with van der Waals surface area (Å²) >= 11 is 0. The van der Waals surface area contributed by atoms with E-state index in [2.05, 4.69) is 150 Å². The summed E-state index contributed by atoms with van der Waals surface area (Å²) in [7, 11) is 0. The van der Waals surface area contributed by atoms with Gasteiger partial charge in [-0.05, 0) is 169 Å². The molecule has 0 aliphatic heterocycles. The van der Waals surface area contributed by atoms with E-state index < -0.39 is 0 Å². The SMILES string of the molecule is C1=CCCC(C2=CC(C3C4=C(CCC=C4)C4c5c(n(-c6cc(C7=CC=CCC7)cc(C7C=CCCC7)c6)c6ccccc56)C=CC43)CC(C3=CC=CCC3)=C2)=C1. The van der Waals surface area contributed by atoms with Crippen LogP contribution in [0.2, 0.25) is 0 Å². The molecule has 5 unspecified atom stereocenters. The summed E-state index contributed by atoms with van der Waals surface area (Å²) in [6, 6.07) is 16.9. The Morgan fingerprint density at radius 1 is 0.661 bits per heavy atom. The minimum Gasteiger partial charge on any atom is -0.310 e. The first-order valence-electron chi connectivity index (χ1n) is 21.8. The zero-order valence-electron chi connectivity index (χ0n) is 32.7. The number of hydrogen-bond acceptors (Lipinski definition) is 0. The first-order chi connectivity index (χ1) is 27.8. The van der Waals surface area contributed by atoms with E-state index in [0.717, 1.165) is 51.4 Å². The number of fused-ring (bicyclic) bond motifs is 6. The third kappa shape index (κ3) is 5.89. The second kappa shape index (κ2) is 14.4. The lowest BCUT2D eigenvalue weighted by molar-refractivity contribution is 0.357. The minimum atomic E-state index is 0.404. The zero-order chi connectivity index (χ0) is 37.0. The molecule has 1 nitrogen and oxygen atoms in total. The van der Waals surface area contributed by atoms with Gasteiger partial charge in [-0.25, -0.2) is 0 Å². The molecule has 2 aromatic carbocycles. The van der Waals surface area contributed by atoms with Gasteiger partial charge in [0, 0.05) is 22.9 Å². The van der Waals surface area contributed by atoms with Crippen LogP contribution in [0.15, 0.2) is 173 Å². The Balaban J connectivity index is 1.06. The van der Waals surface area contributed by atoms with E-state index >= 15 is 0 Å². The molecule has 0 N–H and O–H groups in total. The number of allylic oxidation sites excluding steroid dienone is 23. The van der Waals surface area contributed by atoms with E-state index in [1.165, 1.54) is 75.8 Å². The summed E-state index contributed by atoms with van der Waals surface area (Å²) in [4.78, 5) is 0. The molecule has 1 heterocycles. The van der Waals surface area contributed by atoms with E-state index in [-0.39, 0.29) is 0 Å². The minimum absolute atomic E-state index is 0.404. The van der Waals surface area contributed by atoms with E-state index in [0.29, 0.717) is 29.6 Å². The fourth-order valence-electron chi connectivity index (χ4n) is 11.7. The highest BCUT2D eigenvalue weighted by atomic mass is 15.0. The third-order valence-electron chi connectivity index (χ3n) is 14.2. The summed E-state index contributed by atoms with van der Waals surface area (Å²) < 4.78 is 2.65. The van der Waals surface area contributed by atoms with Crippen LogP contribution in [0.3, 0.4) is 0 Å². The highest BCUT2D eigenvalue weighted by molar-refractivity contribution is 5.92. The highest BCUT2D eigenvalue weighted by Crippen LogP contribution is 2.60. The van der Waals surface area contributed by atoms with Gasteiger partial charge in [-0.3, -0.25) is 0 Å². The van der Waals surface area contributed by atoms with Gasteiger partial charge in [-0.2, -0.15) is 0 Å². The summed E-state index contributed by atoms with van der Waals surface area (Å²) in [6.07, 6.45) is 55.3. The van der Waals surface area contributed by atoms with Crippen molar-refractivity contribution in [2.75, 3.05) is 0 Å². The molecule has 0 bridgehead atoms. The molecule has 8 aliphatic carbocycles. The van der Waals surface area contributed by atoms with Crippen LogP contribution in [-0.2, 0) is 0 Å². The number of hydrogen-bond donors (Lipinski definition) is 0. The lowest BCUT2D eigenvalue weighted by Crippen LogP contribution is -2.26. The van der Waals surface area contributed by atoms with Gasteiger partial charge >= 0.3 is 0 Å². The van der Waals surface area contributed by atoms with Gasteiger partial charge < -0.3 is 4.57 Å². The Hall–Kier alpha value is -5.14. The third-order valence-corrected chi connectivity index (χ3v) is 14.2. The summed E-state index contributed by atoms with van der Waals surface area (Å²) in [5.41, 5.74) is 19.4. The van der Waals surface area contributed by atoms with Gasteiger partial charge in [0.25, 0.3) is 0 Å². The zero-order valence-corrected chi connectivity index (χ0v) is 32.7. The predicted molar refractivity (Wildman–Crippen MR) is 237 cm³/mol. The topological polar surface area (TPSA) is 4.93 Å². The van der Waals surface area contributed by atoms with Crippen LogP contribution in [-0.4, -0.2) is 4.57 Å². The maximum Gasteiger partial charge on any atom is 0.0537 e. The Labute approximate surface area is 333 Å². The predicted octanol–water partition coefficient (Wildman–Crippen LogP) is 14.6. The van der Waals surface area contributed by atoms with E-state index in [1.807, 2.05) is 0 Å². The molecule has 3 aromatic rings. The summed E-state index contributed by atoms with van der Waals surface area (Å²) in [5, 5.41) is 1.44. The molecular formula is C55H53N. The van der Waals surface area contributed by atoms with E-state index in [1.54, 1.807) is 27.9 Å². The fourth-order valence-corrected chi connectivity index (χ4v) is 11.7. The second-order valence-corrected chi connectivity index (χ2v) is 17.4. The standard InChI is InChI=1S/C55H53N/c1-5-17-37(18-6-1)41-31-42(38-19-7-2-8-20-38)34-45(33-41)53-47-25-13-14-26-48(47)54-50(53)29-30-52-55(54)49-27-15-16-28-51(49)56(52)46-35-43(39-21-9-3-10-22-39)32-44(36-46)40-23-11-4-12-24-40/h1-3,5,7,9,11,13,15-17,19,21,23,25,27-33,35-36,40,45,50,53-54H,4,6,8,10,12,14,18,20,22,24,26,34H2. The van der Waals surface area contributed by atoms with Gasteiger partial charge in [-0.15, -0.1) is 0 Å². The smallest absolute Gasteiger partial charge is 0.0537 e. The first kappa shape index (κ1) is 34.1. The molecule has 0 radical (unpaired) electrons. The maximum absolute atomic E-state index is 2.71. The monoisotopic (exact) mass is 727 g/mol. The van der Waals surface area contributed by atoms with Gasteiger partial charge in [0.2, 0.25) is 0 Å². The highest BCUT2D eigenvalue weighted by Gasteiger charge is 2.48. The molecule has 278 valence electrons. The van der Waals surface area contributed by atoms with E-state index in [9.17, 15) is 0 Å². The van der Waals surface area contributed by atoms with Crippen LogP contribution in [0, 0.1) is 17.8 Å². The molecule has 56 heavy (non-hydrogen) atoms.